The highest BCUT2D eigenvalue weighted by Crippen LogP contribution is 2.13. The number of carbonyl (C=O) groups is 1. The van der Waals surface area contributed by atoms with Gasteiger partial charge in [0.1, 0.15) is 16.4 Å². The van der Waals surface area contributed by atoms with Gasteiger partial charge < -0.3 is 10.3 Å². The summed E-state index contributed by atoms with van der Waals surface area (Å²) in [6, 6.07) is 1.72. The van der Waals surface area contributed by atoms with E-state index in [0.29, 0.717) is 22.0 Å². The summed E-state index contributed by atoms with van der Waals surface area (Å²) in [7, 11) is 0. The molecule has 2 aromatic heterocycles. The molecule has 1 amide bonds. The number of H-pyrrole nitrogens is 1. The maximum atomic E-state index is 11.7. The molecule has 0 radical (unpaired) electrons. The van der Waals surface area contributed by atoms with E-state index in [1.807, 2.05) is 13.8 Å². The first-order valence-corrected chi connectivity index (χ1v) is 5.26. The molecule has 0 bridgehead atoms. The fourth-order valence-corrected chi connectivity index (χ4v) is 1.48. The third kappa shape index (κ3) is 2.14. The molecule has 0 aliphatic rings. The van der Waals surface area contributed by atoms with Crippen molar-refractivity contribution in [3.8, 4) is 0 Å². The van der Waals surface area contributed by atoms with E-state index in [0.717, 1.165) is 0 Å². The zero-order valence-electron chi connectivity index (χ0n) is 8.91. The smallest absolute Gasteiger partial charge is 0.268 e. The molecule has 0 fully saturated rings. The van der Waals surface area contributed by atoms with Gasteiger partial charge in [0.05, 0.1) is 6.20 Å². The number of hydrogen-bond acceptors (Lipinski definition) is 3. The SMILES string of the molecule is CC(C)NC(=O)c1cc2nc(Cl)cnc2[nH]1. The molecule has 6 heteroatoms. The van der Waals surface area contributed by atoms with Crippen LogP contribution < -0.4 is 5.32 Å². The highest BCUT2D eigenvalue weighted by atomic mass is 35.5. The van der Waals surface area contributed by atoms with Crippen molar-refractivity contribution in [1.29, 1.82) is 0 Å². The summed E-state index contributed by atoms with van der Waals surface area (Å²) < 4.78 is 0. The average Bonchev–Trinajstić information content (AvgIpc) is 2.59. The molecule has 2 N–H and O–H groups in total. The Bertz CT molecular complexity index is 535. The van der Waals surface area contributed by atoms with E-state index in [1.54, 1.807) is 6.07 Å². The molecular weight excluding hydrogens is 228 g/mol. The molecule has 2 heterocycles. The fourth-order valence-electron chi connectivity index (χ4n) is 1.34. The first kappa shape index (κ1) is 10.9. The highest BCUT2D eigenvalue weighted by Gasteiger charge is 2.11. The van der Waals surface area contributed by atoms with Gasteiger partial charge in [-0.25, -0.2) is 9.97 Å². The van der Waals surface area contributed by atoms with Crippen LogP contribution in [0.15, 0.2) is 12.3 Å². The Hall–Kier alpha value is -1.62. The molecule has 0 aliphatic carbocycles. The minimum Gasteiger partial charge on any atom is -0.349 e. The molecule has 0 spiro atoms. The topological polar surface area (TPSA) is 70.7 Å². The van der Waals surface area contributed by atoms with Crippen molar-refractivity contribution in [2.75, 3.05) is 0 Å². The molecule has 5 nitrogen and oxygen atoms in total. The molecule has 16 heavy (non-hydrogen) atoms. The van der Waals surface area contributed by atoms with Gasteiger partial charge in [-0.1, -0.05) is 11.6 Å². The van der Waals surface area contributed by atoms with Gasteiger partial charge in [0, 0.05) is 6.04 Å². The van der Waals surface area contributed by atoms with Gasteiger partial charge in [-0.2, -0.15) is 0 Å². The number of aromatic nitrogens is 3. The minimum atomic E-state index is -0.175. The third-order valence-corrected chi connectivity index (χ3v) is 2.15. The van der Waals surface area contributed by atoms with Crippen molar-refractivity contribution in [2.45, 2.75) is 19.9 Å². The van der Waals surface area contributed by atoms with Gasteiger partial charge in [-0.15, -0.1) is 0 Å². The second-order valence-electron chi connectivity index (χ2n) is 3.74. The maximum absolute atomic E-state index is 11.7. The van der Waals surface area contributed by atoms with Gasteiger partial charge in [0.2, 0.25) is 0 Å². The standard InChI is InChI=1S/C10H11ClN4O/c1-5(2)13-10(16)7-3-6-9(15-7)12-4-8(11)14-6/h3-5H,1-2H3,(H,12,15)(H,13,16). The summed E-state index contributed by atoms with van der Waals surface area (Å²) in [6.07, 6.45) is 1.44. The van der Waals surface area contributed by atoms with Crippen molar-refractivity contribution in [2.24, 2.45) is 0 Å². The first-order valence-electron chi connectivity index (χ1n) is 4.88. The summed E-state index contributed by atoms with van der Waals surface area (Å²) in [5, 5.41) is 3.08. The van der Waals surface area contributed by atoms with E-state index in [9.17, 15) is 4.79 Å². The maximum Gasteiger partial charge on any atom is 0.268 e. The van der Waals surface area contributed by atoms with Gasteiger partial charge in [0.25, 0.3) is 5.91 Å². The monoisotopic (exact) mass is 238 g/mol. The molecule has 0 aliphatic heterocycles. The number of fused-ring (bicyclic) bond motifs is 1. The summed E-state index contributed by atoms with van der Waals surface area (Å²) in [4.78, 5) is 22.6. The van der Waals surface area contributed by atoms with Crippen LogP contribution in [0.1, 0.15) is 24.3 Å². The van der Waals surface area contributed by atoms with Crippen LogP contribution in [0, 0.1) is 0 Å². The second kappa shape index (κ2) is 4.09. The molecule has 84 valence electrons. The number of nitrogens with zero attached hydrogens (tertiary/aromatic N) is 2. The van der Waals surface area contributed by atoms with Crippen LogP contribution in [-0.2, 0) is 0 Å². The van der Waals surface area contributed by atoms with Crippen molar-refractivity contribution in [3.05, 3.63) is 23.1 Å². The summed E-state index contributed by atoms with van der Waals surface area (Å²) in [5.41, 5.74) is 1.57. The number of hydrogen-bond donors (Lipinski definition) is 2. The van der Waals surface area contributed by atoms with Crippen LogP contribution >= 0.6 is 11.6 Å². The van der Waals surface area contributed by atoms with Crippen molar-refractivity contribution in [3.63, 3.8) is 0 Å². The molecule has 0 unspecified atom stereocenters. The van der Waals surface area contributed by atoms with Crippen molar-refractivity contribution >= 4 is 28.7 Å². The lowest BCUT2D eigenvalue weighted by Gasteiger charge is -2.05. The quantitative estimate of drug-likeness (QED) is 0.837. The predicted molar refractivity (Wildman–Crippen MR) is 61.5 cm³/mol. The van der Waals surface area contributed by atoms with E-state index in [4.69, 9.17) is 11.6 Å². The number of aromatic amines is 1. The number of rotatable bonds is 2. The third-order valence-electron chi connectivity index (χ3n) is 1.97. The fraction of sp³-hybridized carbons (Fsp3) is 0.300. The molecule has 0 aromatic carbocycles. The number of nitrogens with one attached hydrogen (secondary N) is 2. The van der Waals surface area contributed by atoms with E-state index in [-0.39, 0.29) is 11.9 Å². The largest absolute Gasteiger partial charge is 0.349 e. The lowest BCUT2D eigenvalue weighted by Crippen LogP contribution is -2.30. The Kier molecular flexibility index (Phi) is 2.78. The van der Waals surface area contributed by atoms with Gasteiger partial charge in [-0.3, -0.25) is 4.79 Å². The van der Waals surface area contributed by atoms with Crippen LogP contribution in [0.5, 0.6) is 0 Å². The van der Waals surface area contributed by atoms with Crippen LogP contribution in [0.2, 0.25) is 5.15 Å². The van der Waals surface area contributed by atoms with E-state index < -0.39 is 0 Å². The number of halogens is 1. The predicted octanol–water partition coefficient (Wildman–Crippen LogP) is 1.75. The summed E-state index contributed by atoms with van der Waals surface area (Å²) in [6.45, 7) is 3.79. The van der Waals surface area contributed by atoms with E-state index in [2.05, 4.69) is 20.3 Å². The zero-order chi connectivity index (χ0) is 11.7. The van der Waals surface area contributed by atoms with E-state index >= 15 is 0 Å². The van der Waals surface area contributed by atoms with Crippen LogP contribution in [0.4, 0.5) is 0 Å². The Morgan fingerprint density at radius 3 is 3.00 bits per heavy atom. The molecule has 2 rings (SSSR count). The van der Waals surface area contributed by atoms with Gasteiger partial charge >= 0.3 is 0 Å². The zero-order valence-corrected chi connectivity index (χ0v) is 9.67. The number of amides is 1. The molecular formula is C10H11ClN4O. The van der Waals surface area contributed by atoms with Gasteiger partial charge in [-0.05, 0) is 19.9 Å². The Morgan fingerprint density at radius 2 is 2.31 bits per heavy atom. The van der Waals surface area contributed by atoms with Crippen LogP contribution in [0.3, 0.4) is 0 Å². The van der Waals surface area contributed by atoms with Crippen LogP contribution in [0.25, 0.3) is 11.2 Å². The summed E-state index contributed by atoms with van der Waals surface area (Å²) in [5.74, 6) is -0.175. The Morgan fingerprint density at radius 1 is 1.56 bits per heavy atom. The Labute approximate surface area is 97.2 Å². The highest BCUT2D eigenvalue weighted by molar-refractivity contribution is 6.29. The van der Waals surface area contributed by atoms with E-state index in [1.165, 1.54) is 6.20 Å². The molecule has 0 saturated carbocycles. The van der Waals surface area contributed by atoms with Crippen LogP contribution in [-0.4, -0.2) is 26.9 Å². The minimum absolute atomic E-state index is 0.0865. The van der Waals surface area contributed by atoms with Crippen molar-refractivity contribution in [1.82, 2.24) is 20.3 Å². The average molecular weight is 239 g/mol. The lowest BCUT2D eigenvalue weighted by molar-refractivity contribution is 0.0939. The molecule has 2 aromatic rings. The lowest BCUT2D eigenvalue weighted by atomic mass is 10.3. The van der Waals surface area contributed by atoms with Crippen molar-refractivity contribution < 1.29 is 4.79 Å². The normalized spacial score (nSPS) is 11.0. The second-order valence-corrected chi connectivity index (χ2v) is 4.12. The molecule has 0 atom stereocenters. The number of carbonyl (C=O) groups excluding carboxylic acids is 1. The van der Waals surface area contributed by atoms with Gasteiger partial charge in [0.15, 0.2) is 5.65 Å². The molecule has 0 saturated heterocycles. The summed E-state index contributed by atoms with van der Waals surface area (Å²) >= 11 is 5.70. The first-order chi connectivity index (χ1) is 7.56. The Balaban J connectivity index is 2.36.